The van der Waals surface area contributed by atoms with Gasteiger partial charge in [-0.1, -0.05) is 23.2 Å². The van der Waals surface area contributed by atoms with Gasteiger partial charge < -0.3 is 34.6 Å². The van der Waals surface area contributed by atoms with Crippen molar-refractivity contribution in [3.63, 3.8) is 0 Å². The van der Waals surface area contributed by atoms with E-state index in [1.54, 1.807) is 0 Å². The first-order valence-corrected chi connectivity index (χ1v) is 7.60. The molecule has 1 aromatic rings. The lowest BCUT2D eigenvalue weighted by Gasteiger charge is -2.37. The van der Waals surface area contributed by atoms with Gasteiger partial charge in [-0.25, -0.2) is 4.79 Å². The number of aliphatic hydroxyl groups is 4. The molecule has 1 aliphatic heterocycles. The summed E-state index contributed by atoms with van der Waals surface area (Å²) >= 11 is 11.9. The Kier molecular flexibility index (Phi) is 6.27. The molecule has 4 N–H and O–H groups in total. The lowest BCUT2D eigenvalue weighted by molar-refractivity contribution is -0.286. The lowest BCUT2D eigenvalue weighted by atomic mass is 9.99. The van der Waals surface area contributed by atoms with Crippen LogP contribution in [0.5, 0.6) is 5.75 Å². The summed E-state index contributed by atoms with van der Waals surface area (Å²) in [7, 11) is 1.30. The molecule has 8 nitrogen and oxygen atoms in total. The maximum atomic E-state index is 12.2. The second kappa shape index (κ2) is 7.83. The predicted octanol–water partition coefficient (Wildman–Crippen LogP) is -0.0413. The van der Waals surface area contributed by atoms with Crippen molar-refractivity contribution < 1.29 is 39.4 Å². The van der Waals surface area contributed by atoms with Gasteiger partial charge in [0.1, 0.15) is 36.6 Å². The average molecular weight is 383 g/mol. The van der Waals surface area contributed by atoms with E-state index in [1.165, 1.54) is 19.2 Å². The van der Waals surface area contributed by atoms with Crippen molar-refractivity contribution in [2.75, 3.05) is 13.7 Å². The highest BCUT2D eigenvalue weighted by Crippen LogP contribution is 2.34. The fraction of sp³-hybridized carbons (Fsp3) is 0.500. The molecular formula is C14H16Cl2O8. The second-order valence-corrected chi connectivity index (χ2v) is 5.89. The van der Waals surface area contributed by atoms with Crippen molar-refractivity contribution in [1.29, 1.82) is 0 Å². The van der Waals surface area contributed by atoms with Crippen LogP contribution in [0.25, 0.3) is 0 Å². The molecule has 0 aromatic heterocycles. The molecule has 1 aliphatic rings. The summed E-state index contributed by atoms with van der Waals surface area (Å²) < 4.78 is 14.9. The molecule has 0 radical (unpaired) electrons. The normalized spacial score (nSPS) is 30.0. The molecule has 0 bridgehead atoms. The minimum absolute atomic E-state index is 0.0229. The summed E-state index contributed by atoms with van der Waals surface area (Å²) in [6.07, 6.45) is -7.85. The molecule has 24 heavy (non-hydrogen) atoms. The van der Waals surface area contributed by atoms with E-state index < -0.39 is 43.3 Å². The molecule has 2 rings (SSSR count). The number of ether oxygens (including phenoxy) is 3. The topological polar surface area (TPSA) is 126 Å². The molecule has 10 heteroatoms. The summed E-state index contributed by atoms with van der Waals surface area (Å²) in [6.45, 7) is -0.507. The molecule has 134 valence electrons. The van der Waals surface area contributed by atoms with Crippen LogP contribution in [0.4, 0.5) is 0 Å². The van der Waals surface area contributed by atoms with Crippen LogP contribution in [0.15, 0.2) is 12.1 Å². The maximum Gasteiger partial charge on any atom is 0.343 e. The molecule has 0 aliphatic carbocycles. The Morgan fingerprint density at radius 1 is 1.12 bits per heavy atom. The second-order valence-electron chi connectivity index (χ2n) is 5.07. The number of esters is 1. The quantitative estimate of drug-likeness (QED) is 0.534. The largest absolute Gasteiger partial charge is 0.494 e. The Bertz CT molecular complexity index is 611. The summed E-state index contributed by atoms with van der Waals surface area (Å²) in [6, 6.07) is 2.83. The van der Waals surface area contributed by atoms with E-state index in [0.717, 1.165) is 0 Å². The Morgan fingerprint density at radius 2 is 1.75 bits per heavy atom. The summed E-state index contributed by atoms with van der Waals surface area (Å²) in [5.41, 5.74) is -0.113. The Hall–Kier alpha value is -1.13. The van der Waals surface area contributed by atoms with Crippen LogP contribution in [0.2, 0.25) is 10.0 Å². The fourth-order valence-electron chi connectivity index (χ4n) is 2.22. The van der Waals surface area contributed by atoms with Crippen molar-refractivity contribution in [3.05, 3.63) is 27.7 Å². The fourth-order valence-corrected chi connectivity index (χ4v) is 2.68. The lowest BCUT2D eigenvalue weighted by Crippen LogP contribution is -2.58. The number of hydrogen-bond donors (Lipinski definition) is 4. The van der Waals surface area contributed by atoms with E-state index in [0.29, 0.717) is 0 Å². The minimum Gasteiger partial charge on any atom is -0.494 e. The molecule has 1 saturated heterocycles. The van der Waals surface area contributed by atoms with Gasteiger partial charge in [-0.05, 0) is 12.1 Å². The molecule has 0 amide bonds. The van der Waals surface area contributed by atoms with Crippen molar-refractivity contribution in [2.24, 2.45) is 0 Å². The number of benzene rings is 1. The number of halogens is 2. The maximum absolute atomic E-state index is 12.2. The van der Waals surface area contributed by atoms with Gasteiger partial charge in [0.15, 0.2) is 12.0 Å². The van der Waals surface area contributed by atoms with E-state index >= 15 is 0 Å². The van der Waals surface area contributed by atoms with Gasteiger partial charge >= 0.3 is 5.97 Å². The van der Waals surface area contributed by atoms with Crippen LogP contribution >= 0.6 is 23.2 Å². The molecule has 0 unspecified atom stereocenters. The van der Waals surface area contributed by atoms with Crippen molar-refractivity contribution in [1.82, 2.24) is 0 Å². The SMILES string of the molecule is COc1c(Cl)ccc(Cl)c1C(=O)OC[C@H]1O[C@H](O)[C@H](O)[C@@H](O)[C@@H]1O. The summed E-state index contributed by atoms with van der Waals surface area (Å²) in [5.74, 6) is -0.875. The average Bonchev–Trinajstić information content (AvgIpc) is 2.56. The van der Waals surface area contributed by atoms with Gasteiger partial charge in [-0.3, -0.25) is 0 Å². The summed E-state index contributed by atoms with van der Waals surface area (Å²) in [4.78, 5) is 12.2. The summed E-state index contributed by atoms with van der Waals surface area (Å²) in [5, 5.41) is 38.4. The number of methoxy groups -OCH3 is 1. The van der Waals surface area contributed by atoms with Crippen LogP contribution in [0, 0.1) is 0 Å². The molecule has 5 atom stereocenters. The van der Waals surface area contributed by atoms with Crippen LogP contribution in [0.1, 0.15) is 10.4 Å². The van der Waals surface area contributed by atoms with Gasteiger partial charge in [0.25, 0.3) is 0 Å². The zero-order valence-electron chi connectivity index (χ0n) is 12.4. The van der Waals surface area contributed by atoms with Gasteiger partial charge in [-0.2, -0.15) is 0 Å². The molecule has 1 fully saturated rings. The first-order valence-electron chi connectivity index (χ1n) is 6.84. The van der Waals surface area contributed by atoms with E-state index in [4.69, 9.17) is 37.4 Å². The highest BCUT2D eigenvalue weighted by atomic mass is 35.5. The first kappa shape index (κ1) is 19.2. The third-order valence-corrected chi connectivity index (χ3v) is 4.15. The van der Waals surface area contributed by atoms with Gasteiger partial charge in [-0.15, -0.1) is 0 Å². The van der Waals surface area contributed by atoms with Gasteiger partial charge in [0.05, 0.1) is 17.2 Å². The standard InChI is InChI=1S/C14H16Cl2O8/c1-22-12-6(16)3-2-5(15)8(12)13(20)23-4-7-9(17)10(18)11(19)14(21)24-7/h2-3,7,9-11,14,17-19,21H,4H2,1H3/t7-,9-,10+,11-,14+/m1/s1. The van der Waals surface area contributed by atoms with Crippen LogP contribution < -0.4 is 4.74 Å². The van der Waals surface area contributed by atoms with Crippen LogP contribution in [-0.4, -0.2) is 70.8 Å². The van der Waals surface area contributed by atoms with Crippen LogP contribution in [0.3, 0.4) is 0 Å². The van der Waals surface area contributed by atoms with Gasteiger partial charge in [0.2, 0.25) is 0 Å². The van der Waals surface area contributed by atoms with E-state index in [9.17, 15) is 25.2 Å². The van der Waals surface area contributed by atoms with E-state index in [-0.39, 0.29) is 21.4 Å². The highest BCUT2D eigenvalue weighted by molar-refractivity contribution is 6.37. The Morgan fingerprint density at radius 3 is 2.38 bits per heavy atom. The number of hydrogen-bond acceptors (Lipinski definition) is 8. The van der Waals surface area contributed by atoms with Crippen LogP contribution in [-0.2, 0) is 9.47 Å². The molecular weight excluding hydrogens is 367 g/mol. The molecule has 1 aromatic carbocycles. The van der Waals surface area contributed by atoms with E-state index in [1.807, 2.05) is 0 Å². The molecule has 0 saturated carbocycles. The molecule has 0 spiro atoms. The number of aliphatic hydroxyl groups excluding tert-OH is 4. The van der Waals surface area contributed by atoms with Crippen molar-refractivity contribution in [2.45, 2.75) is 30.7 Å². The third-order valence-electron chi connectivity index (χ3n) is 3.53. The first-order chi connectivity index (χ1) is 11.3. The highest BCUT2D eigenvalue weighted by Gasteiger charge is 2.43. The predicted molar refractivity (Wildman–Crippen MR) is 82.2 cm³/mol. The van der Waals surface area contributed by atoms with Crippen molar-refractivity contribution >= 4 is 29.2 Å². The third kappa shape index (κ3) is 3.75. The smallest absolute Gasteiger partial charge is 0.343 e. The number of rotatable bonds is 4. The zero-order valence-corrected chi connectivity index (χ0v) is 13.9. The monoisotopic (exact) mass is 382 g/mol. The minimum atomic E-state index is -1.73. The van der Waals surface area contributed by atoms with E-state index in [2.05, 4.69) is 0 Å². The number of carbonyl (C=O) groups is 1. The zero-order chi connectivity index (χ0) is 18.0. The van der Waals surface area contributed by atoms with Gasteiger partial charge in [0, 0.05) is 0 Å². The van der Waals surface area contributed by atoms with Crippen molar-refractivity contribution in [3.8, 4) is 5.75 Å². The Balaban J connectivity index is 2.10. The Labute approximate surface area is 147 Å². The molecule has 1 heterocycles. The number of carbonyl (C=O) groups excluding carboxylic acids is 1.